The Morgan fingerprint density at radius 2 is 1.11 bits per heavy atom. The highest BCUT2D eigenvalue weighted by Crippen LogP contribution is 2.62. The zero-order valence-corrected chi connectivity index (χ0v) is 37.1. The summed E-state index contributed by atoms with van der Waals surface area (Å²) in [6.07, 6.45) is 4.19. The molecule has 0 aliphatic carbocycles. The Hall–Kier alpha value is -6.93. The van der Waals surface area contributed by atoms with Crippen LogP contribution in [-0.2, 0) is 38.5 Å². The van der Waals surface area contributed by atoms with Gasteiger partial charge in [0.2, 0.25) is 11.8 Å². The number of nitrogens with two attached hydrogens (primary N) is 2. The molecule has 3 aromatic heterocycles. The molecule has 7 rings (SSSR count). The van der Waals surface area contributed by atoms with E-state index in [4.69, 9.17) is 21.4 Å². The van der Waals surface area contributed by atoms with E-state index < -0.39 is 21.3 Å². The Labute approximate surface area is 380 Å². The number of hydrogen-bond donors (Lipinski definition) is 4. The fourth-order valence-electron chi connectivity index (χ4n) is 8.62. The number of nitrogens with zero attached hydrogens (tertiary/aromatic N) is 10. The molecule has 5 aromatic rings. The van der Waals surface area contributed by atoms with E-state index in [1.54, 1.807) is 66.9 Å². The average molecular weight is 891 g/mol. The summed E-state index contributed by atoms with van der Waals surface area (Å²) >= 11 is 1.65. The molecule has 2 aliphatic heterocycles. The summed E-state index contributed by atoms with van der Waals surface area (Å²) in [6.45, 7) is 8.93. The van der Waals surface area contributed by atoms with Crippen LogP contribution in [0.3, 0.4) is 0 Å². The fraction of sp³-hybridized carbons (Fsp3) is 0.326. The first kappa shape index (κ1) is 45.1. The number of primary amides is 2. The van der Waals surface area contributed by atoms with Gasteiger partial charge in [-0.2, -0.15) is 26.1 Å². The van der Waals surface area contributed by atoms with Crippen molar-refractivity contribution in [2.45, 2.75) is 52.8 Å². The summed E-state index contributed by atoms with van der Waals surface area (Å²) in [7, 11) is 0. The minimum atomic E-state index is -2.23. The van der Waals surface area contributed by atoms with Crippen LogP contribution in [0.1, 0.15) is 63.9 Å². The van der Waals surface area contributed by atoms with Crippen molar-refractivity contribution in [1.82, 2.24) is 30.4 Å². The fourth-order valence-corrected chi connectivity index (χ4v) is 11.7. The maximum absolute atomic E-state index is 15.1. The summed E-state index contributed by atoms with van der Waals surface area (Å²) in [5.74, 6) is -1.31. The van der Waals surface area contributed by atoms with Crippen molar-refractivity contribution >= 4 is 47.0 Å². The lowest BCUT2D eigenvalue weighted by Gasteiger charge is -2.46. The summed E-state index contributed by atoms with van der Waals surface area (Å²) in [4.78, 5) is 46.6. The number of anilines is 2. The minimum absolute atomic E-state index is 0.0489. The number of H-pyrrole nitrogens is 1. The quantitative estimate of drug-likeness (QED) is 0.108. The maximum atomic E-state index is 15.1. The molecular weight excluding hydrogens is 845 g/mol. The van der Waals surface area contributed by atoms with Gasteiger partial charge in [-0.1, -0.05) is 98.0 Å². The highest BCUT2D eigenvalue weighted by atomic mass is 32.2. The van der Waals surface area contributed by atoms with Crippen LogP contribution < -0.4 is 26.6 Å². The van der Waals surface area contributed by atoms with Crippen LogP contribution >= 0.6 is 23.5 Å². The van der Waals surface area contributed by atoms with Gasteiger partial charge in [-0.3, -0.25) is 19.6 Å². The lowest BCUT2D eigenvalue weighted by molar-refractivity contribution is -0.128. The van der Waals surface area contributed by atoms with Gasteiger partial charge in [-0.15, -0.1) is 0 Å². The zero-order chi connectivity index (χ0) is 45.4. The third-order valence-corrected chi connectivity index (χ3v) is 15.0. The second kappa shape index (κ2) is 19.6. The number of rotatable bonds is 15. The number of nitriles is 4. The highest BCUT2D eigenvalue weighted by molar-refractivity contribution is 8.05. The van der Waals surface area contributed by atoms with Crippen LogP contribution in [0.5, 0.6) is 0 Å². The molecule has 324 valence electrons. The Morgan fingerprint density at radius 3 is 1.48 bits per heavy atom. The lowest BCUT2D eigenvalue weighted by Crippen LogP contribution is -2.59. The molecule has 2 saturated heterocycles. The number of amides is 2. The lowest BCUT2D eigenvalue weighted by atomic mass is 9.78. The molecule has 0 radical (unpaired) electrons. The van der Waals surface area contributed by atoms with E-state index in [0.29, 0.717) is 81.7 Å². The number of pyridine rings is 2. The van der Waals surface area contributed by atoms with Crippen molar-refractivity contribution in [3.8, 4) is 24.3 Å². The number of benzene rings is 2. The molecule has 5 heterocycles. The van der Waals surface area contributed by atoms with Crippen molar-refractivity contribution in [3.63, 3.8) is 0 Å². The van der Waals surface area contributed by atoms with E-state index in [9.17, 15) is 21.0 Å². The van der Waals surface area contributed by atoms with Crippen molar-refractivity contribution in [1.29, 1.82) is 21.0 Å². The number of aromatic amines is 1. The molecule has 64 heavy (non-hydrogen) atoms. The van der Waals surface area contributed by atoms with Gasteiger partial charge in [0, 0.05) is 70.7 Å². The van der Waals surface area contributed by atoms with Crippen molar-refractivity contribution < 1.29 is 9.59 Å². The first-order chi connectivity index (χ1) is 31.1. The van der Waals surface area contributed by atoms with E-state index >= 15 is 9.59 Å². The summed E-state index contributed by atoms with van der Waals surface area (Å²) in [5, 5.41) is 53.5. The first-order valence-corrected chi connectivity index (χ1v) is 22.5. The molecule has 2 aliphatic rings. The van der Waals surface area contributed by atoms with Crippen molar-refractivity contribution in [3.05, 3.63) is 123 Å². The van der Waals surface area contributed by atoms with Gasteiger partial charge in [0.25, 0.3) is 0 Å². The van der Waals surface area contributed by atoms with Crippen LogP contribution in [0.25, 0.3) is 0 Å². The molecule has 16 nitrogen and oxygen atoms in total. The number of thioether (sulfide) groups is 2. The van der Waals surface area contributed by atoms with E-state index in [0.717, 1.165) is 29.1 Å². The molecule has 2 unspecified atom stereocenters. The molecule has 2 atom stereocenters. The van der Waals surface area contributed by atoms with Crippen LogP contribution in [0.2, 0.25) is 0 Å². The van der Waals surface area contributed by atoms with Gasteiger partial charge in [-0.25, -0.2) is 9.97 Å². The molecule has 2 aromatic carbocycles. The van der Waals surface area contributed by atoms with E-state index in [1.807, 2.05) is 29.8 Å². The maximum Gasteiger partial charge on any atom is 0.240 e. The summed E-state index contributed by atoms with van der Waals surface area (Å²) < 4.78 is -4.45. The third kappa shape index (κ3) is 8.09. The first-order valence-electron chi connectivity index (χ1n) is 20.9. The smallest absolute Gasteiger partial charge is 0.240 e. The Kier molecular flexibility index (Phi) is 13.8. The predicted molar refractivity (Wildman–Crippen MR) is 244 cm³/mol. The molecule has 2 amide bonds. The van der Waals surface area contributed by atoms with Crippen LogP contribution in [0, 0.1) is 45.3 Å². The van der Waals surface area contributed by atoms with Gasteiger partial charge in [0.1, 0.15) is 46.0 Å². The van der Waals surface area contributed by atoms with Gasteiger partial charge in [0.15, 0.2) is 9.49 Å². The predicted octanol–water partition coefficient (Wildman–Crippen LogP) is 4.19. The monoisotopic (exact) mass is 890 g/mol. The molecule has 0 bridgehead atoms. The van der Waals surface area contributed by atoms with Gasteiger partial charge in [-0.05, 0) is 35.1 Å². The highest BCUT2D eigenvalue weighted by Gasteiger charge is 2.64. The standard InChI is InChI=1S/C46H46N14O2S2/c1-3-33-35(23-47)39(59-17-15-53-16-18-59)56-41(37(33)25-49)63-45(43(51)61,31-11-7-5-8-12-31)46(44(52)62,32-13-9-6-10-14-32)64-42-38(26-50)34(4-2)36(24-48)40(57-42)60-21-19-58(20-22-60)29-30-27-54-55-28-30/h5-14,27-28,53H,3-4,15-22,29H2,1-2H3,(H2,51,61)(H2,52,62)(H,54,55). The molecule has 2 fully saturated rings. The van der Waals surface area contributed by atoms with Gasteiger partial charge >= 0.3 is 0 Å². The van der Waals surface area contributed by atoms with Crippen LogP contribution in [0.4, 0.5) is 11.6 Å². The molecular formula is C46H46N14O2S2. The summed E-state index contributed by atoms with van der Waals surface area (Å²) in [6, 6.07) is 26.1. The van der Waals surface area contributed by atoms with E-state index in [1.165, 1.54) is 0 Å². The van der Waals surface area contributed by atoms with Crippen molar-refractivity contribution in [2.24, 2.45) is 11.5 Å². The van der Waals surface area contributed by atoms with Crippen molar-refractivity contribution in [2.75, 3.05) is 62.2 Å². The van der Waals surface area contributed by atoms with Gasteiger partial charge in [0.05, 0.1) is 28.5 Å². The summed E-state index contributed by atoms with van der Waals surface area (Å²) in [5.41, 5.74) is 16.5. The number of piperazine rings is 2. The largest absolute Gasteiger partial charge is 0.368 e. The molecule has 18 heteroatoms. The van der Waals surface area contributed by atoms with Crippen LogP contribution in [0.15, 0.2) is 83.1 Å². The van der Waals surface area contributed by atoms with E-state index in [-0.39, 0.29) is 56.3 Å². The number of carbonyl (C=O) groups is 2. The zero-order valence-electron chi connectivity index (χ0n) is 35.5. The Balaban J connectivity index is 1.50. The number of aromatic nitrogens is 4. The number of hydrogen-bond acceptors (Lipinski definition) is 15. The molecule has 0 spiro atoms. The topological polar surface area (TPSA) is 258 Å². The average Bonchev–Trinajstić information content (AvgIpc) is 3.85. The Bertz CT molecular complexity index is 2690. The number of carbonyl (C=O) groups excluding carboxylic acids is 2. The molecule has 0 saturated carbocycles. The number of nitrogens with one attached hydrogen (secondary N) is 2. The minimum Gasteiger partial charge on any atom is -0.368 e. The molecule has 6 N–H and O–H groups in total. The Morgan fingerprint density at radius 1 is 0.672 bits per heavy atom. The third-order valence-electron chi connectivity index (χ3n) is 11.8. The van der Waals surface area contributed by atoms with Crippen LogP contribution in [-0.4, -0.2) is 89.2 Å². The van der Waals surface area contributed by atoms with Gasteiger partial charge < -0.3 is 26.6 Å². The van der Waals surface area contributed by atoms with E-state index in [2.05, 4.69) is 44.7 Å². The SMILES string of the molecule is CCc1c(C#N)c(SC(C(N)=O)(c2ccccc2)C(Sc2nc(N3CCN(Cc4cn[nH]c4)CC3)c(C#N)c(CC)c2C#N)(C(N)=O)c2ccccc2)nc(N2CCNCC2)c1C#N. The normalized spacial score (nSPS) is 16.0. The second-order valence-electron chi connectivity index (χ2n) is 15.2. The second-order valence-corrected chi connectivity index (χ2v) is 17.6.